The molecule has 0 radical (unpaired) electrons. The lowest BCUT2D eigenvalue weighted by Gasteiger charge is -2.26. The molecular formula is C10H20N4O3. The molecule has 0 aromatic carbocycles. The van der Waals surface area contributed by atoms with Crippen molar-refractivity contribution in [2.45, 2.75) is 0 Å². The van der Waals surface area contributed by atoms with E-state index in [0.717, 1.165) is 32.8 Å². The molecule has 1 saturated heterocycles. The van der Waals surface area contributed by atoms with E-state index >= 15 is 0 Å². The average molecular weight is 244 g/mol. The van der Waals surface area contributed by atoms with Gasteiger partial charge in [0.25, 0.3) is 0 Å². The number of nitrogens with one attached hydrogen (secondary N) is 2. The highest BCUT2D eigenvalue weighted by Crippen LogP contribution is 1.94. The first-order chi connectivity index (χ1) is 8.22. The summed E-state index contributed by atoms with van der Waals surface area (Å²) in [7, 11) is 0. The van der Waals surface area contributed by atoms with E-state index in [0.29, 0.717) is 6.54 Å². The summed E-state index contributed by atoms with van der Waals surface area (Å²) in [5, 5.41) is 5.14. The monoisotopic (exact) mass is 244 g/mol. The van der Waals surface area contributed by atoms with Crippen LogP contribution in [0.15, 0.2) is 0 Å². The second-order valence-electron chi connectivity index (χ2n) is 3.78. The van der Waals surface area contributed by atoms with Gasteiger partial charge in [-0.15, -0.1) is 0 Å². The van der Waals surface area contributed by atoms with Gasteiger partial charge in [-0.2, -0.15) is 0 Å². The third-order valence-corrected chi connectivity index (χ3v) is 2.49. The van der Waals surface area contributed by atoms with E-state index in [9.17, 15) is 9.59 Å². The van der Waals surface area contributed by atoms with Gasteiger partial charge >= 0.3 is 0 Å². The van der Waals surface area contributed by atoms with Crippen LogP contribution in [0.5, 0.6) is 0 Å². The summed E-state index contributed by atoms with van der Waals surface area (Å²) in [4.78, 5) is 24.3. The fourth-order valence-corrected chi connectivity index (χ4v) is 1.49. The van der Waals surface area contributed by atoms with Crippen molar-refractivity contribution in [2.24, 2.45) is 5.73 Å². The highest BCUT2D eigenvalue weighted by Gasteiger charge is 2.10. The second-order valence-corrected chi connectivity index (χ2v) is 3.78. The second kappa shape index (κ2) is 7.99. The Morgan fingerprint density at radius 3 is 2.53 bits per heavy atom. The van der Waals surface area contributed by atoms with E-state index in [4.69, 9.17) is 10.5 Å². The molecule has 0 bridgehead atoms. The van der Waals surface area contributed by atoms with Crippen molar-refractivity contribution in [1.29, 1.82) is 0 Å². The Morgan fingerprint density at radius 1 is 1.18 bits per heavy atom. The van der Waals surface area contributed by atoms with Crippen molar-refractivity contribution in [3.8, 4) is 0 Å². The van der Waals surface area contributed by atoms with Gasteiger partial charge in [-0.3, -0.25) is 14.5 Å². The van der Waals surface area contributed by atoms with Gasteiger partial charge in [0.1, 0.15) is 0 Å². The number of rotatable bonds is 6. The van der Waals surface area contributed by atoms with Crippen molar-refractivity contribution >= 4 is 11.8 Å². The highest BCUT2D eigenvalue weighted by atomic mass is 16.5. The molecule has 1 aliphatic heterocycles. The van der Waals surface area contributed by atoms with Crippen LogP contribution >= 0.6 is 0 Å². The van der Waals surface area contributed by atoms with Crippen LogP contribution in [0.3, 0.4) is 0 Å². The lowest BCUT2D eigenvalue weighted by atomic mass is 10.4. The first-order valence-corrected chi connectivity index (χ1v) is 5.76. The molecule has 2 amide bonds. The molecule has 0 unspecified atom stereocenters. The SMILES string of the molecule is NCC(=O)NCC(=O)NCCN1CCOCC1. The number of carbonyl (C=O) groups excluding carboxylic acids is 2. The Balaban J connectivity index is 2.01. The van der Waals surface area contributed by atoms with E-state index in [1.807, 2.05) is 0 Å². The zero-order valence-electron chi connectivity index (χ0n) is 9.91. The minimum atomic E-state index is -0.326. The summed E-state index contributed by atoms with van der Waals surface area (Å²) >= 11 is 0. The Labute approximate surface area is 101 Å². The van der Waals surface area contributed by atoms with Crippen LogP contribution in [-0.2, 0) is 14.3 Å². The molecular weight excluding hydrogens is 224 g/mol. The first-order valence-electron chi connectivity index (χ1n) is 5.76. The third-order valence-electron chi connectivity index (χ3n) is 2.49. The predicted octanol–water partition coefficient (Wildman–Crippen LogP) is -2.49. The van der Waals surface area contributed by atoms with Crippen molar-refractivity contribution in [3.63, 3.8) is 0 Å². The van der Waals surface area contributed by atoms with Crippen LogP contribution in [0.25, 0.3) is 0 Å². The number of carbonyl (C=O) groups is 2. The smallest absolute Gasteiger partial charge is 0.239 e. The zero-order valence-corrected chi connectivity index (χ0v) is 9.91. The van der Waals surface area contributed by atoms with Gasteiger partial charge in [-0.25, -0.2) is 0 Å². The lowest BCUT2D eigenvalue weighted by Crippen LogP contribution is -2.44. The molecule has 0 aliphatic carbocycles. The van der Waals surface area contributed by atoms with Crippen molar-refractivity contribution in [1.82, 2.24) is 15.5 Å². The summed E-state index contributed by atoms with van der Waals surface area (Å²) in [6.45, 7) is 4.58. The van der Waals surface area contributed by atoms with Crippen molar-refractivity contribution < 1.29 is 14.3 Å². The van der Waals surface area contributed by atoms with Crippen LogP contribution in [0, 0.1) is 0 Å². The molecule has 1 aliphatic rings. The lowest BCUT2D eigenvalue weighted by molar-refractivity contribution is -0.125. The topological polar surface area (TPSA) is 96.7 Å². The maximum Gasteiger partial charge on any atom is 0.239 e. The molecule has 17 heavy (non-hydrogen) atoms. The summed E-state index contributed by atoms with van der Waals surface area (Å²) in [5.41, 5.74) is 5.09. The number of amides is 2. The molecule has 1 heterocycles. The van der Waals surface area contributed by atoms with Crippen LogP contribution < -0.4 is 16.4 Å². The molecule has 4 N–H and O–H groups in total. The Bertz CT molecular complexity index is 254. The zero-order chi connectivity index (χ0) is 12.5. The molecule has 7 nitrogen and oxygen atoms in total. The van der Waals surface area contributed by atoms with Crippen LogP contribution in [-0.4, -0.2) is 69.2 Å². The Hall–Kier alpha value is -1.18. The van der Waals surface area contributed by atoms with E-state index < -0.39 is 0 Å². The molecule has 1 fully saturated rings. The highest BCUT2D eigenvalue weighted by molar-refractivity contribution is 5.85. The summed E-state index contributed by atoms with van der Waals surface area (Å²) < 4.78 is 5.22. The van der Waals surface area contributed by atoms with Gasteiger partial charge in [0.05, 0.1) is 26.3 Å². The molecule has 1 rings (SSSR count). The van der Waals surface area contributed by atoms with Gasteiger partial charge in [-0.05, 0) is 0 Å². The molecule has 0 aromatic rings. The standard InChI is InChI=1S/C10H20N4O3/c11-7-9(15)13-8-10(16)12-1-2-14-3-5-17-6-4-14/h1-8,11H2,(H,12,16)(H,13,15). The van der Waals surface area contributed by atoms with E-state index in [1.165, 1.54) is 0 Å². The van der Waals surface area contributed by atoms with Gasteiger partial charge < -0.3 is 21.1 Å². The number of nitrogens with zero attached hydrogens (tertiary/aromatic N) is 1. The van der Waals surface area contributed by atoms with E-state index in [2.05, 4.69) is 15.5 Å². The van der Waals surface area contributed by atoms with Crippen LogP contribution in [0.2, 0.25) is 0 Å². The minimum Gasteiger partial charge on any atom is -0.379 e. The fraction of sp³-hybridized carbons (Fsp3) is 0.800. The van der Waals surface area contributed by atoms with Crippen LogP contribution in [0.4, 0.5) is 0 Å². The summed E-state index contributed by atoms with van der Waals surface area (Å²) in [5.74, 6) is -0.520. The van der Waals surface area contributed by atoms with Gasteiger partial charge in [0.2, 0.25) is 11.8 Å². The summed E-state index contributed by atoms with van der Waals surface area (Å²) in [6, 6.07) is 0. The van der Waals surface area contributed by atoms with E-state index in [-0.39, 0.29) is 24.9 Å². The molecule has 0 saturated carbocycles. The number of ether oxygens (including phenoxy) is 1. The number of morpholine rings is 1. The molecule has 0 aromatic heterocycles. The summed E-state index contributed by atoms with van der Waals surface area (Å²) in [6.07, 6.45) is 0. The minimum absolute atomic E-state index is 0.0147. The molecule has 7 heteroatoms. The molecule has 0 atom stereocenters. The maximum atomic E-state index is 11.3. The number of nitrogens with two attached hydrogens (primary N) is 1. The molecule has 0 spiro atoms. The molecule has 98 valence electrons. The van der Waals surface area contributed by atoms with Gasteiger partial charge in [0, 0.05) is 26.2 Å². The maximum absolute atomic E-state index is 11.3. The van der Waals surface area contributed by atoms with Gasteiger partial charge in [-0.1, -0.05) is 0 Å². The number of hydrogen-bond donors (Lipinski definition) is 3. The van der Waals surface area contributed by atoms with Crippen molar-refractivity contribution in [3.05, 3.63) is 0 Å². The third kappa shape index (κ3) is 6.20. The Kier molecular flexibility index (Phi) is 6.53. The number of hydrogen-bond acceptors (Lipinski definition) is 5. The van der Waals surface area contributed by atoms with Crippen molar-refractivity contribution in [2.75, 3.05) is 52.5 Å². The van der Waals surface area contributed by atoms with Gasteiger partial charge in [0.15, 0.2) is 0 Å². The van der Waals surface area contributed by atoms with E-state index in [1.54, 1.807) is 0 Å². The van der Waals surface area contributed by atoms with Crippen LogP contribution in [0.1, 0.15) is 0 Å². The average Bonchev–Trinajstić information content (AvgIpc) is 2.37. The largest absolute Gasteiger partial charge is 0.379 e. The Morgan fingerprint density at radius 2 is 1.88 bits per heavy atom. The quantitative estimate of drug-likeness (QED) is 0.480. The normalized spacial score (nSPS) is 16.5. The first kappa shape index (κ1) is 13.9. The predicted molar refractivity (Wildman–Crippen MR) is 62.3 cm³/mol. The fourth-order valence-electron chi connectivity index (χ4n) is 1.49.